The molecule has 1 saturated heterocycles. The third kappa shape index (κ3) is 4.23. The van der Waals surface area contributed by atoms with Crippen LogP contribution in [0.5, 0.6) is 0 Å². The second kappa shape index (κ2) is 6.17. The first-order valence-electron chi connectivity index (χ1n) is 7.24. The molecule has 1 N–H and O–H groups in total. The Kier molecular flexibility index (Phi) is 4.83. The van der Waals surface area contributed by atoms with E-state index in [1.54, 1.807) is 0 Å². The fourth-order valence-corrected chi connectivity index (χ4v) is 2.88. The molecule has 0 unspecified atom stereocenters. The highest BCUT2D eigenvalue weighted by Gasteiger charge is 2.35. The van der Waals surface area contributed by atoms with Crippen molar-refractivity contribution in [3.63, 3.8) is 0 Å². The lowest BCUT2D eigenvalue weighted by atomic mass is 9.79. The Morgan fingerprint density at radius 2 is 2.00 bits per heavy atom. The van der Waals surface area contributed by atoms with Gasteiger partial charge in [-0.25, -0.2) is 0 Å². The summed E-state index contributed by atoms with van der Waals surface area (Å²) in [6.45, 7) is 7.79. The standard InChI is InChI=1S/C14H28N2O/c1-3-8-16(2)12-14(6-9-17-10-7-14)11-15-13-4-5-13/h13,15H,3-12H2,1-2H3. The number of nitrogens with one attached hydrogen (secondary N) is 1. The van der Waals surface area contributed by atoms with Gasteiger partial charge in [0.15, 0.2) is 0 Å². The van der Waals surface area contributed by atoms with Gasteiger partial charge in [-0.3, -0.25) is 0 Å². The van der Waals surface area contributed by atoms with Gasteiger partial charge in [-0.1, -0.05) is 6.92 Å². The Morgan fingerprint density at radius 3 is 2.59 bits per heavy atom. The highest BCUT2D eigenvalue weighted by molar-refractivity contribution is 4.90. The van der Waals surface area contributed by atoms with Crippen LogP contribution in [-0.2, 0) is 4.74 Å². The molecule has 2 rings (SSSR count). The summed E-state index contributed by atoms with van der Waals surface area (Å²) in [5.41, 5.74) is 0.463. The first kappa shape index (κ1) is 13.3. The van der Waals surface area contributed by atoms with Crippen LogP contribution in [0.4, 0.5) is 0 Å². The Hall–Kier alpha value is -0.120. The smallest absolute Gasteiger partial charge is 0.0472 e. The number of hydrogen-bond donors (Lipinski definition) is 1. The lowest BCUT2D eigenvalue weighted by Gasteiger charge is -2.40. The van der Waals surface area contributed by atoms with Gasteiger partial charge in [0.05, 0.1) is 0 Å². The van der Waals surface area contributed by atoms with E-state index < -0.39 is 0 Å². The summed E-state index contributed by atoms with van der Waals surface area (Å²) in [7, 11) is 2.26. The molecule has 2 fully saturated rings. The molecule has 0 spiro atoms. The first-order valence-corrected chi connectivity index (χ1v) is 7.24. The van der Waals surface area contributed by atoms with Crippen molar-refractivity contribution in [2.75, 3.05) is 39.9 Å². The van der Waals surface area contributed by atoms with E-state index >= 15 is 0 Å². The predicted octanol–water partition coefficient (Wildman–Crippen LogP) is 1.88. The molecule has 1 aliphatic heterocycles. The van der Waals surface area contributed by atoms with Crippen LogP contribution in [0.3, 0.4) is 0 Å². The van der Waals surface area contributed by atoms with E-state index in [0.29, 0.717) is 5.41 Å². The molecule has 1 saturated carbocycles. The maximum Gasteiger partial charge on any atom is 0.0472 e. The normalized spacial score (nSPS) is 24.2. The zero-order valence-corrected chi connectivity index (χ0v) is 11.5. The Balaban J connectivity index is 1.84. The highest BCUT2D eigenvalue weighted by Crippen LogP contribution is 2.32. The molecule has 0 bridgehead atoms. The van der Waals surface area contributed by atoms with Crippen molar-refractivity contribution >= 4 is 0 Å². The fourth-order valence-electron chi connectivity index (χ4n) is 2.88. The van der Waals surface area contributed by atoms with Gasteiger partial charge >= 0.3 is 0 Å². The van der Waals surface area contributed by atoms with Crippen LogP contribution < -0.4 is 5.32 Å². The van der Waals surface area contributed by atoms with Crippen LogP contribution in [0, 0.1) is 5.41 Å². The maximum atomic E-state index is 5.54. The summed E-state index contributed by atoms with van der Waals surface area (Å²) in [6.07, 6.45) is 6.47. The summed E-state index contributed by atoms with van der Waals surface area (Å²) in [6, 6.07) is 0.825. The zero-order chi connectivity index (χ0) is 12.1. The van der Waals surface area contributed by atoms with Gasteiger partial charge < -0.3 is 15.0 Å². The van der Waals surface area contributed by atoms with Crippen molar-refractivity contribution in [1.82, 2.24) is 10.2 Å². The molecular formula is C14H28N2O. The van der Waals surface area contributed by atoms with Crippen molar-refractivity contribution in [3.8, 4) is 0 Å². The monoisotopic (exact) mass is 240 g/mol. The number of nitrogens with zero attached hydrogens (tertiary/aromatic N) is 1. The molecule has 100 valence electrons. The molecule has 1 aliphatic carbocycles. The molecule has 3 heteroatoms. The molecule has 0 aromatic heterocycles. The van der Waals surface area contributed by atoms with Crippen LogP contribution in [0.15, 0.2) is 0 Å². The van der Waals surface area contributed by atoms with E-state index in [4.69, 9.17) is 4.74 Å². The highest BCUT2D eigenvalue weighted by atomic mass is 16.5. The first-order chi connectivity index (χ1) is 8.24. The van der Waals surface area contributed by atoms with E-state index in [0.717, 1.165) is 19.3 Å². The summed E-state index contributed by atoms with van der Waals surface area (Å²) >= 11 is 0. The third-order valence-electron chi connectivity index (χ3n) is 4.11. The molecule has 17 heavy (non-hydrogen) atoms. The van der Waals surface area contributed by atoms with Gasteiger partial charge in [0.1, 0.15) is 0 Å². The summed E-state index contributed by atoms with van der Waals surface area (Å²) in [5.74, 6) is 0. The second-order valence-electron chi connectivity index (χ2n) is 6.01. The molecule has 0 amide bonds. The van der Waals surface area contributed by atoms with Crippen molar-refractivity contribution in [1.29, 1.82) is 0 Å². The lowest BCUT2D eigenvalue weighted by Crippen LogP contribution is -2.47. The molecule has 1 heterocycles. The minimum atomic E-state index is 0.463. The average Bonchev–Trinajstić information content (AvgIpc) is 3.12. The van der Waals surface area contributed by atoms with Gasteiger partial charge in [0, 0.05) is 32.3 Å². The van der Waals surface area contributed by atoms with Gasteiger partial charge in [-0.2, -0.15) is 0 Å². The molecule has 0 atom stereocenters. The quantitative estimate of drug-likeness (QED) is 0.735. The minimum absolute atomic E-state index is 0.463. The number of ether oxygens (including phenoxy) is 1. The van der Waals surface area contributed by atoms with E-state index in [-0.39, 0.29) is 0 Å². The fraction of sp³-hybridized carbons (Fsp3) is 1.00. The molecule has 3 nitrogen and oxygen atoms in total. The SMILES string of the molecule is CCCN(C)CC1(CNC2CC2)CCOCC1. The zero-order valence-electron chi connectivity index (χ0n) is 11.5. The van der Waals surface area contributed by atoms with Crippen LogP contribution in [-0.4, -0.2) is 50.8 Å². The van der Waals surface area contributed by atoms with Crippen LogP contribution in [0.25, 0.3) is 0 Å². The minimum Gasteiger partial charge on any atom is -0.381 e. The molecular weight excluding hydrogens is 212 g/mol. The number of hydrogen-bond acceptors (Lipinski definition) is 3. The van der Waals surface area contributed by atoms with Crippen LogP contribution >= 0.6 is 0 Å². The van der Waals surface area contributed by atoms with Gasteiger partial charge in [-0.05, 0) is 51.1 Å². The van der Waals surface area contributed by atoms with E-state index in [1.807, 2.05) is 0 Å². The molecule has 0 aromatic rings. The lowest BCUT2D eigenvalue weighted by molar-refractivity contribution is -0.000726. The van der Waals surface area contributed by atoms with E-state index in [9.17, 15) is 0 Å². The van der Waals surface area contributed by atoms with E-state index in [2.05, 4.69) is 24.2 Å². The van der Waals surface area contributed by atoms with Crippen molar-refractivity contribution in [2.45, 2.75) is 45.1 Å². The van der Waals surface area contributed by atoms with Crippen molar-refractivity contribution in [2.24, 2.45) is 5.41 Å². The summed E-state index contributed by atoms with van der Waals surface area (Å²) < 4.78 is 5.54. The van der Waals surface area contributed by atoms with Crippen LogP contribution in [0.2, 0.25) is 0 Å². The van der Waals surface area contributed by atoms with Crippen molar-refractivity contribution in [3.05, 3.63) is 0 Å². The van der Waals surface area contributed by atoms with E-state index in [1.165, 1.54) is 51.7 Å². The maximum absolute atomic E-state index is 5.54. The Bertz CT molecular complexity index is 222. The molecule has 2 aliphatic rings. The summed E-state index contributed by atoms with van der Waals surface area (Å²) in [5, 5.41) is 3.73. The van der Waals surface area contributed by atoms with Gasteiger partial charge in [0.25, 0.3) is 0 Å². The van der Waals surface area contributed by atoms with Crippen molar-refractivity contribution < 1.29 is 4.74 Å². The molecule has 0 aromatic carbocycles. The Labute approximate surface area is 106 Å². The molecule has 0 radical (unpaired) electrons. The van der Waals surface area contributed by atoms with Gasteiger partial charge in [-0.15, -0.1) is 0 Å². The summed E-state index contributed by atoms with van der Waals surface area (Å²) in [4.78, 5) is 2.50. The average molecular weight is 240 g/mol. The van der Waals surface area contributed by atoms with Gasteiger partial charge in [0.2, 0.25) is 0 Å². The number of rotatable bonds is 7. The predicted molar refractivity (Wildman–Crippen MR) is 71.3 cm³/mol. The van der Waals surface area contributed by atoms with Crippen LogP contribution in [0.1, 0.15) is 39.0 Å². The third-order valence-corrected chi connectivity index (χ3v) is 4.11. The topological polar surface area (TPSA) is 24.5 Å². The largest absolute Gasteiger partial charge is 0.381 e. The second-order valence-corrected chi connectivity index (χ2v) is 6.01. The Morgan fingerprint density at radius 1 is 1.29 bits per heavy atom.